The van der Waals surface area contributed by atoms with Gasteiger partial charge in [-0.05, 0) is 25.1 Å². The number of aromatic nitrogens is 2. The van der Waals surface area contributed by atoms with E-state index in [1.807, 2.05) is 6.92 Å². The molecule has 2 rings (SSSR count). The standard InChI is InChI=1S/C13H13FN4O/c1-2-16-12-11(6-9(14)7-17-12)13(19)18-10-4-3-5-15-8-10/h3-8H,2H2,1H3,(H,16,17)(H,18,19). The van der Waals surface area contributed by atoms with Crippen molar-refractivity contribution < 1.29 is 9.18 Å². The van der Waals surface area contributed by atoms with E-state index in [9.17, 15) is 9.18 Å². The Morgan fingerprint density at radius 2 is 2.26 bits per heavy atom. The molecule has 0 aliphatic rings. The summed E-state index contributed by atoms with van der Waals surface area (Å²) in [6.45, 7) is 2.46. The minimum Gasteiger partial charge on any atom is -0.370 e. The van der Waals surface area contributed by atoms with Crippen LogP contribution in [0.25, 0.3) is 0 Å². The second-order valence-electron chi connectivity index (χ2n) is 3.78. The van der Waals surface area contributed by atoms with E-state index < -0.39 is 11.7 Å². The third kappa shape index (κ3) is 3.25. The quantitative estimate of drug-likeness (QED) is 0.885. The van der Waals surface area contributed by atoms with Crippen LogP contribution in [0.15, 0.2) is 36.8 Å². The van der Waals surface area contributed by atoms with Crippen molar-refractivity contribution in [3.05, 3.63) is 48.2 Å². The van der Waals surface area contributed by atoms with E-state index in [4.69, 9.17) is 0 Å². The number of carbonyl (C=O) groups is 1. The van der Waals surface area contributed by atoms with Crippen LogP contribution in [0.5, 0.6) is 0 Å². The summed E-state index contributed by atoms with van der Waals surface area (Å²) in [7, 11) is 0. The first kappa shape index (κ1) is 12.9. The summed E-state index contributed by atoms with van der Waals surface area (Å²) in [5.74, 6) is -0.640. The minimum absolute atomic E-state index is 0.158. The number of anilines is 2. The lowest BCUT2D eigenvalue weighted by atomic mass is 10.2. The van der Waals surface area contributed by atoms with E-state index in [1.165, 1.54) is 6.20 Å². The van der Waals surface area contributed by atoms with Crippen LogP contribution in [-0.2, 0) is 0 Å². The predicted octanol–water partition coefficient (Wildman–Crippen LogP) is 2.30. The van der Waals surface area contributed by atoms with E-state index in [-0.39, 0.29) is 5.56 Å². The number of hydrogen-bond acceptors (Lipinski definition) is 4. The number of carbonyl (C=O) groups excluding carboxylic acids is 1. The van der Waals surface area contributed by atoms with Gasteiger partial charge in [0.2, 0.25) is 0 Å². The minimum atomic E-state index is -0.557. The van der Waals surface area contributed by atoms with Crippen molar-refractivity contribution >= 4 is 17.4 Å². The van der Waals surface area contributed by atoms with Crippen LogP contribution in [-0.4, -0.2) is 22.4 Å². The van der Waals surface area contributed by atoms with Gasteiger partial charge in [0.15, 0.2) is 0 Å². The molecular formula is C13H13FN4O. The lowest BCUT2D eigenvalue weighted by Gasteiger charge is -2.10. The van der Waals surface area contributed by atoms with Crippen molar-refractivity contribution in [3.63, 3.8) is 0 Å². The van der Waals surface area contributed by atoms with Gasteiger partial charge in [0, 0.05) is 12.7 Å². The van der Waals surface area contributed by atoms with Crippen molar-refractivity contribution in [1.29, 1.82) is 0 Å². The molecule has 1 amide bonds. The van der Waals surface area contributed by atoms with Crippen molar-refractivity contribution in [2.45, 2.75) is 6.92 Å². The fraction of sp³-hybridized carbons (Fsp3) is 0.154. The van der Waals surface area contributed by atoms with E-state index in [2.05, 4.69) is 20.6 Å². The first-order chi connectivity index (χ1) is 9.20. The predicted molar refractivity (Wildman–Crippen MR) is 70.5 cm³/mol. The van der Waals surface area contributed by atoms with Crippen molar-refractivity contribution in [3.8, 4) is 0 Å². The molecule has 2 aromatic rings. The van der Waals surface area contributed by atoms with Gasteiger partial charge in [-0.1, -0.05) is 0 Å². The molecule has 0 saturated carbocycles. The van der Waals surface area contributed by atoms with Crippen LogP contribution in [0.4, 0.5) is 15.9 Å². The summed E-state index contributed by atoms with van der Waals surface area (Å²) in [6.07, 6.45) is 4.18. The highest BCUT2D eigenvalue weighted by molar-refractivity contribution is 6.07. The van der Waals surface area contributed by atoms with Gasteiger partial charge in [-0.15, -0.1) is 0 Å². The average molecular weight is 260 g/mol. The lowest BCUT2D eigenvalue weighted by Crippen LogP contribution is -2.16. The summed E-state index contributed by atoms with van der Waals surface area (Å²) in [5, 5.41) is 5.55. The Labute approximate surface area is 109 Å². The van der Waals surface area contributed by atoms with Crippen molar-refractivity contribution in [1.82, 2.24) is 9.97 Å². The van der Waals surface area contributed by atoms with Gasteiger partial charge in [0.25, 0.3) is 5.91 Å². The summed E-state index contributed by atoms with van der Waals surface area (Å²) in [4.78, 5) is 19.8. The Morgan fingerprint density at radius 1 is 1.42 bits per heavy atom. The molecule has 0 bridgehead atoms. The van der Waals surface area contributed by atoms with Gasteiger partial charge >= 0.3 is 0 Å². The van der Waals surface area contributed by atoms with Crippen molar-refractivity contribution in [2.24, 2.45) is 0 Å². The average Bonchev–Trinajstić information content (AvgIpc) is 2.42. The monoisotopic (exact) mass is 260 g/mol. The Kier molecular flexibility index (Phi) is 4.02. The highest BCUT2D eigenvalue weighted by Crippen LogP contribution is 2.15. The highest BCUT2D eigenvalue weighted by Gasteiger charge is 2.14. The van der Waals surface area contributed by atoms with E-state index in [1.54, 1.807) is 18.3 Å². The third-order valence-electron chi connectivity index (χ3n) is 2.36. The highest BCUT2D eigenvalue weighted by atomic mass is 19.1. The van der Waals surface area contributed by atoms with Crippen LogP contribution < -0.4 is 10.6 Å². The molecule has 0 atom stereocenters. The summed E-state index contributed by atoms with van der Waals surface area (Å²) in [6, 6.07) is 4.55. The molecule has 5 nitrogen and oxygen atoms in total. The first-order valence-corrected chi connectivity index (χ1v) is 5.81. The maximum atomic E-state index is 13.2. The molecule has 2 aromatic heterocycles. The molecule has 0 spiro atoms. The molecule has 98 valence electrons. The maximum absolute atomic E-state index is 13.2. The largest absolute Gasteiger partial charge is 0.370 e. The SMILES string of the molecule is CCNc1ncc(F)cc1C(=O)Nc1cccnc1. The number of nitrogens with zero attached hydrogens (tertiary/aromatic N) is 2. The van der Waals surface area contributed by atoms with E-state index in [0.29, 0.717) is 18.1 Å². The molecule has 0 unspecified atom stereocenters. The number of amides is 1. The van der Waals surface area contributed by atoms with Crippen molar-refractivity contribution in [2.75, 3.05) is 17.2 Å². The number of halogens is 1. The van der Waals surface area contributed by atoms with Gasteiger partial charge < -0.3 is 10.6 Å². The van der Waals surface area contributed by atoms with Gasteiger partial charge in [0.1, 0.15) is 11.6 Å². The van der Waals surface area contributed by atoms with Crippen LogP contribution in [0, 0.1) is 5.82 Å². The molecule has 0 fully saturated rings. The molecule has 0 radical (unpaired) electrons. The normalized spacial score (nSPS) is 10.0. The summed E-state index contributed by atoms with van der Waals surface area (Å²) >= 11 is 0. The zero-order valence-corrected chi connectivity index (χ0v) is 10.4. The van der Waals surface area contributed by atoms with Gasteiger partial charge in [-0.2, -0.15) is 0 Å². The van der Waals surface area contributed by atoms with Crippen LogP contribution in [0.3, 0.4) is 0 Å². The lowest BCUT2D eigenvalue weighted by molar-refractivity contribution is 0.102. The maximum Gasteiger partial charge on any atom is 0.259 e. The number of rotatable bonds is 4. The number of hydrogen-bond donors (Lipinski definition) is 2. The molecule has 0 aliphatic carbocycles. The second kappa shape index (κ2) is 5.90. The zero-order chi connectivity index (χ0) is 13.7. The number of nitrogens with one attached hydrogen (secondary N) is 2. The van der Waals surface area contributed by atoms with Gasteiger partial charge in [-0.25, -0.2) is 9.37 Å². The summed E-state index contributed by atoms with van der Waals surface area (Å²) in [5.41, 5.74) is 0.699. The molecule has 0 aliphatic heterocycles. The molecule has 19 heavy (non-hydrogen) atoms. The molecule has 0 saturated heterocycles. The number of pyridine rings is 2. The summed E-state index contributed by atoms with van der Waals surface area (Å²) < 4.78 is 13.2. The molecule has 2 heterocycles. The smallest absolute Gasteiger partial charge is 0.259 e. The van der Waals surface area contributed by atoms with Gasteiger partial charge in [-0.3, -0.25) is 9.78 Å². The zero-order valence-electron chi connectivity index (χ0n) is 10.4. The molecule has 2 N–H and O–H groups in total. The molecule has 6 heteroatoms. The molecule has 0 aromatic carbocycles. The van der Waals surface area contributed by atoms with Gasteiger partial charge in [0.05, 0.1) is 23.6 Å². The Bertz CT molecular complexity index is 574. The van der Waals surface area contributed by atoms with Crippen LogP contribution in [0.1, 0.15) is 17.3 Å². The topological polar surface area (TPSA) is 66.9 Å². The van der Waals surface area contributed by atoms with E-state index >= 15 is 0 Å². The Hall–Kier alpha value is -2.50. The molecular weight excluding hydrogens is 247 g/mol. The van der Waals surface area contributed by atoms with E-state index in [0.717, 1.165) is 12.3 Å². The Morgan fingerprint density at radius 3 is 2.95 bits per heavy atom. The fourth-order valence-corrected chi connectivity index (χ4v) is 1.56. The fourth-order valence-electron chi connectivity index (χ4n) is 1.56. The van der Waals surface area contributed by atoms with Crippen LogP contribution in [0.2, 0.25) is 0 Å². The second-order valence-corrected chi connectivity index (χ2v) is 3.78. The van der Waals surface area contributed by atoms with Crippen LogP contribution >= 0.6 is 0 Å². The third-order valence-corrected chi connectivity index (χ3v) is 2.36. The first-order valence-electron chi connectivity index (χ1n) is 5.81. The Balaban J connectivity index is 2.25.